The number of nitrogens with one attached hydrogen (secondary N) is 3. The molecule has 0 rings (SSSR count). The van der Waals surface area contributed by atoms with Gasteiger partial charge in [-0.3, -0.25) is 24.4 Å². The molecule has 0 aromatic heterocycles. The predicted molar refractivity (Wildman–Crippen MR) is 160 cm³/mol. The van der Waals surface area contributed by atoms with Gasteiger partial charge in [0.05, 0.1) is 6.10 Å². The molecule has 0 bridgehead atoms. The number of rotatable bonds is 20. The van der Waals surface area contributed by atoms with Gasteiger partial charge in [-0.2, -0.15) is 13.2 Å². The van der Waals surface area contributed by atoms with Crippen molar-refractivity contribution in [3.05, 3.63) is 0 Å². The lowest BCUT2D eigenvalue weighted by Crippen LogP contribution is -2.58. The van der Waals surface area contributed by atoms with E-state index in [1.54, 1.807) is 0 Å². The van der Waals surface area contributed by atoms with Crippen LogP contribution in [0.1, 0.15) is 51.9 Å². The van der Waals surface area contributed by atoms with Gasteiger partial charge in [-0.15, -0.1) is 0 Å². The van der Waals surface area contributed by atoms with Gasteiger partial charge in [0.15, 0.2) is 11.9 Å². The smallest absolute Gasteiger partial charge is 0.480 e. The Kier molecular flexibility index (Phi) is 21.8. The molecule has 0 aliphatic carbocycles. The molecule has 0 aliphatic heterocycles. The number of aliphatic imine (C=N–C) groups is 2. The van der Waals surface area contributed by atoms with E-state index in [-0.39, 0.29) is 50.7 Å². The Balaban J connectivity index is 0. The Hall–Kier alpha value is -4.44. The molecular formula is C24H46F3N11O8. The van der Waals surface area contributed by atoms with E-state index >= 15 is 0 Å². The molecule has 0 saturated heterocycles. The van der Waals surface area contributed by atoms with Crippen LogP contribution in [0, 0.1) is 0 Å². The summed E-state index contributed by atoms with van der Waals surface area (Å²) in [5, 5.41) is 33.8. The van der Waals surface area contributed by atoms with Crippen molar-refractivity contribution >= 4 is 41.6 Å². The van der Waals surface area contributed by atoms with Crippen LogP contribution in [0.25, 0.3) is 0 Å². The maximum absolute atomic E-state index is 13.2. The fraction of sp³-hybridized carbons (Fsp3) is 0.708. The zero-order valence-corrected chi connectivity index (χ0v) is 25.3. The van der Waals surface area contributed by atoms with Crippen LogP contribution in [0.4, 0.5) is 13.2 Å². The number of halogens is 3. The number of amides is 3. The highest BCUT2D eigenvalue weighted by atomic mass is 19.4. The molecule has 0 spiro atoms. The normalized spacial score (nSPS) is 14.1. The zero-order chi connectivity index (χ0) is 36.0. The van der Waals surface area contributed by atoms with Crippen LogP contribution < -0.4 is 50.4 Å². The summed E-state index contributed by atoms with van der Waals surface area (Å²) in [4.78, 5) is 66.8. The second-order valence-electron chi connectivity index (χ2n) is 9.77. The third kappa shape index (κ3) is 21.3. The first-order chi connectivity index (χ1) is 21.2. The second-order valence-corrected chi connectivity index (χ2v) is 9.77. The molecule has 0 saturated carbocycles. The summed E-state index contributed by atoms with van der Waals surface area (Å²) in [5.41, 5.74) is 32.4. The topological polar surface area (TPSA) is 363 Å². The molecule has 0 radical (unpaired) electrons. The van der Waals surface area contributed by atoms with E-state index in [2.05, 4.69) is 25.9 Å². The number of carboxylic acid groups (broad SMARTS) is 2. The van der Waals surface area contributed by atoms with Crippen LogP contribution >= 0.6 is 0 Å². The van der Waals surface area contributed by atoms with Crippen molar-refractivity contribution in [2.75, 3.05) is 19.6 Å². The number of carboxylic acids is 2. The molecule has 5 atom stereocenters. The molecule has 3 amide bonds. The van der Waals surface area contributed by atoms with Crippen LogP contribution in [0.3, 0.4) is 0 Å². The number of hydrogen-bond acceptors (Lipinski definition) is 10. The molecule has 266 valence electrons. The number of alkyl halides is 3. The van der Waals surface area contributed by atoms with E-state index in [0.29, 0.717) is 25.8 Å². The van der Waals surface area contributed by atoms with E-state index in [1.165, 1.54) is 6.92 Å². The predicted octanol–water partition coefficient (Wildman–Crippen LogP) is -3.90. The SMILES string of the molecule is CC(O)C(N)C(=O)NC(CCCN=C(N)N)C(=O)NC(CCCCN)C(=O)NC(CCCN=C(N)N)C(=O)O.O=C(O)C(F)(F)F. The van der Waals surface area contributed by atoms with E-state index in [1.807, 2.05) is 0 Å². The van der Waals surface area contributed by atoms with E-state index < -0.39 is 66.1 Å². The van der Waals surface area contributed by atoms with Crippen molar-refractivity contribution in [3.8, 4) is 0 Å². The van der Waals surface area contributed by atoms with E-state index in [0.717, 1.165) is 0 Å². The van der Waals surface area contributed by atoms with Gasteiger partial charge in [-0.25, -0.2) is 9.59 Å². The quantitative estimate of drug-likeness (QED) is 0.0334. The highest BCUT2D eigenvalue weighted by molar-refractivity contribution is 5.94. The lowest BCUT2D eigenvalue weighted by molar-refractivity contribution is -0.192. The fourth-order valence-electron chi connectivity index (χ4n) is 3.33. The number of nitrogens with two attached hydrogens (primary N) is 6. The average molecular weight is 674 g/mol. The molecular weight excluding hydrogens is 627 g/mol. The number of unbranched alkanes of at least 4 members (excludes halogenated alkanes) is 1. The highest BCUT2D eigenvalue weighted by Gasteiger charge is 2.38. The minimum Gasteiger partial charge on any atom is -0.480 e. The minimum atomic E-state index is -5.08. The van der Waals surface area contributed by atoms with Crippen LogP contribution in [0.2, 0.25) is 0 Å². The summed E-state index contributed by atoms with van der Waals surface area (Å²) < 4.78 is 31.7. The Labute approximate surface area is 262 Å². The van der Waals surface area contributed by atoms with Crippen molar-refractivity contribution in [2.24, 2.45) is 44.4 Å². The summed E-state index contributed by atoms with van der Waals surface area (Å²) in [7, 11) is 0. The Morgan fingerprint density at radius 3 is 1.43 bits per heavy atom. The number of carbonyl (C=O) groups excluding carboxylic acids is 3. The first kappa shape index (κ1) is 43.7. The summed E-state index contributed by atoms with van der Waals surface area (Å²) in [6.45, 7) is 2.02. The summed E-state index contributed by atoms with van der Waals surface area (Å²) >= 11 is 0. The lowest BCUT2D eigenvalue weighted by Gasteiger charge is -2.25. The zero-order valence-electron chi connectivity index (χ0n) is 25.3. The van der Waals surface area contributed by atoms with Crippen LogP contribution in [0.5, 0.6) is 0 Å². The van der Waals surface area contributed by atoms with Gasteiger partial charge in [-0.05, 0) is 58.4 Å². The fourth-order valence-corrected chi connectivity index (χ4v) is 3.33. The van der Waals surface area contributed by atoms with E-state index in [4.69, 9.17) is 44.3 Å². The number of hydrogen-bond donors (Lipinski definition) is 12. The Morgan fingerprint density at radius 1 is 0.717 bits per heavy atom. The van der Waals surface area contributed by atoms with Crippen molar-refractivity contribution in [1.82, 2.24) is 16.0 Å². The minimum absolute atomic E-state index is 0.0437. The van der Waals surface area contributed by atoms with Crippen molar-refractivity contribution in [3.63, 3.8) is 0 Å². The molecule has 0 aromatic rings. The monoisotopic (exact) mass is 673 g/mol. The molecule has 0 heterocycles. The number of carbonyl (C=O) groups is 5. The number of guanidine groups is 2. The standard InChI is InChI=1S/C22H45N11O6.C2HF3O2/c1-12(34)16(24)19(37)32-14(7-4-10-29-21(25)26)17(35)31-13(6-2-3-9-23)18(36)33-15(20(38)39)8-5-11-30-22(27)28;3-2(4,5)1(6)7/h12-16,34H,2-11,23-24H2,1H3,(H,31,35)(H,32,37)(H,33,36)(H,38,39)(H4,25,26,29)(H4,27,28,30);(H,6,7). The first-order valence-electron chi connectivity index (χ1n) is 13.9. The largest absolute Gasteiger partial charge is 0.490 e. The second kappa shape index (κ2) is 23.0. The Morgan fingerprint density at radius 2 is 1.09 bits per heavy atom. The number of aliphatic hydroxyl groups is 1. The molecule has 22 heteroatoms. The molecule has 0 aliphatic rings. The van der Waals surface area contributed by atoms with Crippen LogP contribution in [-0.4, -0.2) is 113 Å². The van der Waals surface area contributed by atoms with Crippen molar-refractivity contribution < 1.29 is 52.5 Å². The van der Waals surface area contributed by atoms with Gasteiger partial charge in [0.1, 0.15) is 24.2 Å². The molecule has 19 nitrogen and oxygen atoms in total. The van der Waals surface area contributed by atoms with Gasteiger partial charge in [-0.1, -0.05) is 0 Å². The molecule has 46 heavy (non-hydrogen) atoms. The summed E-state index contributed by atoms with van der Waals surface area (Å²) in [6, 6.07) is -4.81. The number of aliphatic carboxylic acids is 2. The molecule has 0 aromatic carbocycles. The van der Waals surface area contributed by atoms with Crippen LogP contribution in [-0.2, 0) is 24.0 Å². The van der Waals surface area contributed by atoms with Gasteiger partial charge in [0, 0.05) is 13.1 Å². The van der Waals surface area contributed by atoms with Crippen LogP contribution in [0.15, 0.2) is 9.98 Å². The number of nitrogens with zero attached hydrogens (tertiary/aromatic N) is 2. The van der Waals surface area contributed by atoms with Crippen molar-refractivity contribution in [1.29, 1.82) is 0 Å². The first-order valence-corrected chi connectivity index (χ1v) is 13.9. The third-order valence-corrected chi connectivity index (χ3v) is 5.78. The van der Waals surface area contributed by atoms with Gasteiger partial charge in [0.2, 0.25) is 17.7 Å². The maximum atomic E-state index is 13.2. The number of aliphatic hydroxyl groups excluding tert-OH is 1. The Bertz CT molecular complexity index is 1040. The van der Waals surface area contributed by atoms with E-state index in [9.17, 15) is 42.6 Å². The summed E-state index contributed by atoms with van der Waals surface area (Å²) in [6.07, 6.45) is -4.37. The molecule has 18 N–H and O–H groups in total. The average Bonchev–Trinajstić information content (AvgIpc) is 2.94. The maximum Gasteiger partial charge on any atom is 0.490 e. The van der Waals surface area contributed by atoms with Crippen molar-refractivity contribution in [2.45, 2.75) is 88.3 Å². The van der Waals surface area contributed by atoms with Gasteiger partial charge in [0.25, 0.3) is 0 Å². The van der Waals surface area contributed by atoms with Gasteiger partial charge < -0.3 is 65.7 Å². The highest BCUT2D eigenvalue weighted by Crippen LogP contribution is 2.13. The lowest BCUT2D eigenvalue weighted by atomic mass is 10.0. The van der Waals surface area contributed by atoms with Gasteiger partial charge >= 0.3 is 18.1 Å². The molecule has 0 fully saturated rings. The third-order valence-electron chi connectivity index (χ3n) is 5.78. The summed E-state index contributed by atoms with van der Waals surface area (Å²) in [5.74, 6) is -6.51. The molecule has 5 unspecified atom stereocenters.